The number of halogens is 2. The Morgan fingerprint density at radius 1 is 1.28 bits per heavy atom. The van der Waals surface area contributed by atoms with E-state index in [1.165, 1.54) is 4.52 Å². The van der Waals surface area contributed by atoms with Crippen LogP contribution in [0.15, 0.2) is 18.6 Å². The van der Waals surface area contributed by atoms with Crippen LogP contribution in [0.4, 0.5) is 14.7 Å². The molecule has 3 aromatic heterocycles. The maximum Gasteiger partial charge on any atom is 0.277 e. The minimum absolute atomic E-state index is 0.149. The third kappa shape index (κ3) is 3.28. The lowest BCUT2D eigenvalue weighted by Crippen LogP contribution is -2.50. The highest BCUT2D eigenvalue weighted by Gasteiger charge is 2.49. The van der Waals surface area contributed by atoms with Crippen molar-refractivity contribution in [1.82, 2.24) is 29.8 Å². The van der Waals surface area contributed by atoms with Crippen molar-refractivity contribution in [3.63, 3.8) is 0 Å². The van der Waals surface area contributed by atoms with Crippen LogP contribution in [0.5, 0.6) is 5.88 Å². The fraction of sp³-hybridized carbons (Fsp3) is 0.556. The lowest BCUT2D eigenvalue weighted by molar-refractivity contribution is -0.126. The van der Waals surface area contributed by atoms with Gasteiger partial charge in [0.25, 0.3) is 6.43 Å². The van der Waals surface area contributed by atoms with E-state index in [1.807, 2.05) is 0 Å². The normalized spacial score (nSPS) is 19.4. The molecule has 0 unspecified atom stereocenters. The molecule has 11 heteroatoms. The first-order chi connectivity index (χ1) is 14.1. The molecule has 0 bridgehead atoms. The lowest BCUT2D eigenvalue weighted by Gasteiger charge is -2.40. The van der Waals surface area contributed by atoms with E-state index in [0.29, 0.717) is 42.5 Å². The molecular formula is C18H21F2N7O2. The van der Waals surface area contributed by atoms with Crippen LogP contribution in [0, 0.1) is 0 Å². The summed E-state index contributed by atoms with van der Waals surface area (Å²) in [5.41, 5.74) is -0.0827. The number of nitrogens with zero attached hydrogens (tertiary/aromatic N) is 5. The van der Waals surface area contributed by atoms with Gasteiger partial charge in [0.15, 0.2) is 11.2 Å². The Labute approximate surface area is 164 Å². The average Bonchev–Trinajstić information content (AvgIpc) is 3.34. The predicted molar refractivity (Wildman–Crippen MR) is 99.0 cm³/mol. The smallest absolute Gasteiger partial charge is 0.277 e. The van der Waals surface area contributed by atoms with Crippen LogP contribution in [-0.4, -0.2) is 61.1 Å². The van der Waals surface area contributed by atoms with Gasteiger partial charge in [0.2, 0.25) is 11.8 Å². The van der Waals surface area contributed by atoms with Crippen LogP contribution in [0.2, 0.25) is 0 Å². The van der Waals surface area contributed by atoms with Crippen molar-refractivity contribution in [1.29, 1.82) is 0 Å². The van der Waals surface area contributed by atoms with Crippen molar-refractivity contribution in [2.24, 2.45) is 0 Å². The summed E-state index contributed by atoms with van der Waals surface area (Å²) in [6.07, 6.45) is 5.12. The van der Waals surface area contributed by atoms with Crippen molar-refractivity contribution in [3.05, 3.63) is 18.6 Å². The summed E-state index contributed by atoms with van der Waals surface area (Å²) in [4.78, 5) is 8.87. The number of aromatic amines is 1. The summed E-state index contributed by atoms with van der Waals surface area (Å²) in [5, 5.41) is 14.4. The molecule has 1 aliphatic carbocycles. The zero-order chi connectivity index (χ0) is 19.8. The predicted octanol–water partition coefficient (Wildman–Crippen LogP) is 2.67. The van der Waals surface area contributed by atoms with Gasteiger partial charge in [0.1, 0.15) is 5.69 Å². The highest BCUT2D eigenvalue weighted by atomic mass is 19.3. The number of hydrogen-bond acceptors (Lipinski definition) is 7. The summed E-state index contributed by atoms with van der Waals surface area (Å²) in [6.45, 7) is 1.37. The van der Waals surface area contributed by atoms with Crippen LogP contribution >= 0.6 is 0 Å². The molecule has 29 heavy (non-hydrogen) atoms. The van der Waals surface area contributed by atoms with Gasteiger partial charge in [-0.15, -0.1) is 5.10 Å². The molecule has 1 aliphatic heterocycles. The maximum atomic E-state index is 13.8. The van der Waals surface area contributed by atoms with E-state index < -0.39 is 12.0 Å². The van der Waals surface area contributed by atoms with Gasteiger partial charge < -0.3 is 14.8 Å². The van der Waals surface area contributed by atoms with Crippen molar-refractivity contribution in [3.8, 4) is 17.1 Å². The quantitative estimate of drug-likeness (QED) is 0.650. The highest BCUT2D eigenvalue weighted by molar-refractivity contribution is 5.65. The van der Waals surface area contributed by atoms with Crippen molar-refractivity contribution < 1.29 is 18.3 Å². The van der Waals surface area contributed by atoms with E-state index in [0.717, 1.165) is 12.8 Å². The molecule has 1 saturated heterocycles. The summed E-state index contributed by atoms with van der Waals surface area (Å²) >= 11 is 0. The van der Waals surface area contributed by atoms with Gasteiger partial charge in [-0.1, -0.05) is 0 Å². The number of H-pyrrole nitrogens is 1. The van der Waals surface area contributed by atoms with Crippen LogP contribution in [0.3, 0.4) is 0 Å². The number of ether oxygens (including phenoxy) is 2. The zero-order valence-corrected chi connectivity index (χ0v) is 15.6. The van der Waals surface area contributed by atoms with Gasteiger partial charge in [-0.3, -0.25) is 5.10 Å². The largest absolute Gasteiger partial charge is 0.463 e. The number of hydrogen-bond donors (Lipinski definition) is 2. The Bertz CT molecular complexity index is 982. The molecule has 0 radical (unpaired) electrons. The maximum absolute atomic E-state index is 13.8. The van der Waals surface area contributed by atoms with Gasteiger partial charge in [0, 0.05) is 31.0 Å². The van der Waals surface area contributed by atoms with Crippen molar-refractivity contribution >= 4 is 11.6 Å². The Hall–Kier alpha value is -2.82. The molecule has 154 valence electrons. The minimum Gasteiger partial charge on any atom is -0.463 e. The second kappa shape index (κ2) is 7.21. The van der Waals surface area contributed by atoms with E-state index in [-0.39, 0.29) is 24.8 Å². The highest BCUT2D eigenvalue weighted by Crippen LogP contribution is 2.43. The first kappa shape index (κ1) is 18.2. The molecule has 0 amide bonds. The van der Waals surface area contributed by atoms with E-state index >= 15 is 0 Å². The topological polar surface area (TPSA) is 102 Å². The fourth-order valence-corrected chi connectivity index (χ4v) is 3.67. The fourth-order valence-electron chi connectivity index (χ4n) is 3.67. The van der Waals surface area contributed by atoms with Gasteiger partial charge in [0.05, 0.1) is 12.4 Å². The Balaban J connectivity index is 1.55. The molecule has 4 heterocycles. The van der Waals surface area contributed by atoms with Crippen LogP contribution in [0.1, 0.15) is 32.1 Å². The molecule has 0 atom stereocenters. The van der Waals surface area contributed by atoms with E-state index in [4.69, 9.17) is 9.47 Å². The molecule has 3 aromatic rings. The first-order valence-electron chi connectivity index (χ1n) is 9.71. The molecule has 2 aliphatic rings. The summed E-state index contributed by atoms with van der Waals surface area (Å²) in [7, 11) is 0. The van der Waals surface area contributed by atoms with E-state index in [2.05, 4.69) is 30.6 Å². The number of aromatic nitrogens is 6. The second-order valence-corrected chi connectivity index (χ2v) is 7.46. The number of anilines is 1. The molecule has 0 aromatic carbocycles. The minimum atomic E-state index is -2.60. The molecule has 5 rings (SSSR count). The van der Waals surface area contributed by atoms with Gasteiger partial charge in [-0.2, -0.15) is 14.6 Å². The summed E-state index contributed by atoms with van der Waals surface area (Å²) < 4.78 is 40.3. The van der Waals surface area contributed by atoms with Crippen molar-refractivity contribution in [2.45, 2.75) is 50.2 Å². The molecule has 2 fully saturated rings. The standard InChI is InChI=1S/C18H21F2N7O2/c19-16(20)18(4-1-5-18)29-15-14(11-8-22-23-9-11)21-10-13-25-17(26-27(13)15)24-12-2-6-28-7-3-12/h8-10,12,16H,1-7H2,(H,22,23)(H,24,26). The molecule has 2 N–H and O–H groups in total. The third-order valence-electron chi connectivity index (χ3n) is 5.56. The number of alkyl halides is 2. The van der Waals surface area contributed by atoms with E-state index in [1.54, 1.807) is 18.6 Å². The Morgan fingerprint density at radius 3 is 2.76 bits per heavy atom. The lowest BCUT2D eigenvalue weighted by atomic mass is 9.80. The number of rotatable bonds is 6. The molecular weight excluding hydrogens is 384 g/mol. The van der Waals surface area contributed by atoms with Gasteiger partial charge >= 0.3 is 0 Å². The molecule has 1 saturated carbocycles. The second-order valence-electron chi connectivity index (χ2n) is 7.46. The summed E-state index contributed by atoms with van der Waals surface area (Å²) in [5.74, 6) is 0.559. The van der Waals surface area contributed by atoms with Gasteiger partial charge in [-0.05, 0) is 32.1 Å². The third-order valence-corrected chi connectivity index (χ3v) is 5.56. The molecule has 9 nitrogen and oxygen atoms in total. The number of nitrogens with one attached hydrogen (secondary N) is 2. The Morgan fingerprint density at radius 2 is 2.10 bits per heavy atom. The SMILES string of the molecule is FC(F)C1(Oc2c(-c3cn[nH]c3)ncc3nc(NC4CCOCC4)nn23)CCC1. The van der Waals surface area contributed by atoms with Crippen molar-refractivity contribution in [2.75, 3.05) is 18.5 Å². The monoisotopic (exact) mass is 405 g/mol. The number of fused-ring (bicyclic) bond motifs is 1. The van der Waals surface area contributed by atoms with Crippen LogP contribution in [-0.2, 0) is 4.74 Å². The van der Waals surface area contributed by atoms with Crippen LogP contribution in [0.25, 0.3) is 16.9 Å². The van der Waals surface area contributed by atoms with Gasteiger partial charge in [-0.25, -0.2) is 13.8 Å². The molecule has 0 spiro atoms. The van der Waals surface area contributed by atoms with E-state index in [9.17, 15) is 8.78 Å². The average molecular weight is 405 g/mol. The van der Waals surface area contributed by atoms with Crippen LogP contribution < -0.4 is 10.1 Å². The zero-order valence-electron chi connectivity index (χ0n) is 15.6. The summed E-state index contributed by atoms with van der Waals surface area (Å²) in [6, 6.07) is 0.200. The first-order valence-corrected chi connectivity index (χ1v) is 9.71. The Kier molecular flexibility index (Phi) is 4.53.